The van der Waals surface area contributed by atoms with Gasteiger partial charge in [-0.15, -0.1) is 11.3 Å². The first-order valence-electron chi connectivity index (χ1n) is 6.60. The van der Waals surface area contributed by atoms with Gasteiger partial charge in [-0.1, -0.05) is 13.8 Å². The maximum Gasteiger partial charge on any atom is 0.221 e. The molecule has 1 aromatic rings. The highest BCUT2D eigenvalue weighted by Crippen LogP contribution is 2.24. The molecule has 0 atom stereocenters. The maximum atomic E-state index is 11.1. The lowest BCUT2D eigenvalue weighted by atomic mass is 9.88. The zero-order chi connectivity index (χ0) is 14.3. The molecule has 19 heavy (non-hydrogen) atoms. The molecular formula is C14H24N2O2S. The maximum absolute atomic E-state index is 11.1. The Labute approximate surface area is 119 Å². The van der Waals surface area contributed by atoms with Crippen LogP contribution in [-0.2, 0) is 11.3 Å². The van der Waals surface area contributed by atoms with Crippen molar-refractivity contribution in [3.8, 4) is 0 Å². The Morgan fingerprint density at radius 2 is 2.21 bits per heavy atom. The minimum atomic E-state index is -0.0390. The van der Waals surface area contributed by atoms with Crippen LogP contribution in [0.1, 0.15) is 38.5 Å². The summed E-state index contributed by atoms with van der Waals surface area (Å²) in [6, 6.07) is 1.93. The first-order chi connectivity index (χ1) is 8.94. The average molecular weight is 284 g/mol. The Morgan fingerprint density at radius 3 is 2.84 bits per heavy atom. The molecule has 0 aliphatic carbocycles. The standard InChI is InChI=1S/C14H24N2O2S/c1-11(18)16-12-5-8-19-13(12)9-15-10-14(2,3)6-4-7-17/h5,8,15,17H,4,6-7,9-10H2,1-3H3,(H,16,18). The van der Waals surface area contributed by atoms with Gasteiger partial charge in [-0.25, -0.2) is 0 Å². The van der Waals surface area contributed by atoms with E-state index < -0.39 is 0 Å². The van der Waals surface area contributed by atoms with E-state index in [-0.39, 0.29) is 17.9 Å². The van der Waals surface area contributed by atoms with E-state index in [0.717, 1.165) is 36.5 Å². The van der Waals surface area contributed by atoms with E-state index in [2.05, 4.69) is 24.5 Å². The third-order valence-corrected chi connectivity index (χ3v) is 3.88. The molecule has 0 aromatic carbocycles. The molecule has 1 amide bonds. The number of nitrogens with one attached hydrogen (secondary N) is 2. The fraction of sp³-hybridized carbons (Fsp3) is 0.643. The van der Waals surface area contributed by atoms with Gasteiger partial charge in [-0.2, -0.15) is 0 Å². The van der Waals surface area contributed by atoms with Crippen molar-refractivity contribution in [3.63, 3.8) is 0 Å². The molecule has 0 saturated heterocycles. The van der Waals surface area contributed by atoms with Gasteiger partial charge in [0.05, 0.1) is 5.69 Å². The SMILES string of the molecule is CC(=O)Nc1ccsc1CNCC(C)(C)CCCO. The first kappa shape index (κ1) is 16.1. The number of amides is 1. The summed E-state index contributed by atoms with van der Waals surface area (Å²) in [5.41, 5.74) is 1.08. The zero-order valence-corrected chi connectivity index (χ0v) is 12.8. The van der Waals surface area contributed by atoms with E-state index in [1.807, 2.05) is 11.4 Å². The summed E-state index contributed by atoms with van der Waals surface area (Å²) >= 11 is 1.64. The lowest BCUT2D eigenvalue weighted by molar-refractivity contribution is -0.114. The number of hydrogen-bond acceptors (Lipinski definition) is 4. The molecule has 1 rings (SSSR count). The first-order valence-corrected chi connectivity index (χ1v) is 7.48. The van der Waals surface area contributed by atoms with Gasteiger partial charge in [0, 0.05) is 31.5 Å². The lowest BCUT2D eigenvalue weighted by Gasteiger charge is -2.24. The highest BCUT2D eigenvalue weighted by Gasteiger charge is 2.17. The van der Waals surface area contributed by atoms with Gasteiger partial charge in [0.1, 0.15) is 0 Å². The number of thiophene rings is 1. The van der Waals surface area contributed by atoms with Crippen LogP contribution in [0.4, 0.5) is 5.69 Å². The Kier molecular flexibility index (Phi) is 6.48. The zero-order valence-electron chi connectivity index (χ0n) is 12.0. The summed E-state index contributed by atoms with van der Waals surface area (Å²) < 4.78 is 0. The molecule has 4 nitrogen and oxygen atoms in total. The summed E-state index contributed by atoms with van der Waals surface area (Å²) in [5.74, 6) is -0.0390. The Hall–Kier alpha value is -0.910. The normalized spacial score (nSPS) is 11.6. The number of hydrogen-bond donors (Lipinski definition) is 3. The van der Waals surface area contributed by atoms with E-state index >= 15 is 0 Å². The van der Waals surface area contributed by atoms with E-state index in [1.165, 1.54) is 6.92 Å². The Bertz CT molecular complexity index is 402. The molecule has 1 aromatic heterocycles. The van der Waals surface area contributed by atoms with Gasteiger partial charge in [-0.05, 0) is 29.7 Å². The Morgan fingerprint density at radius 1 is 1.47 bits per heavy atom. The number of rotatable bonds is 8. The molecule has 0 unspecified atom stereocenters. The lowest BCUT2D eigenvalue weighted by Crippen LogP contribution is -2.29. The van der Waals surface area contributed by atoms with Crippen molar-refractivity contribution in [2.45, 2.75) is 40.2 Å². The predicted molar refractivity (Wildman–Crippen MR) is 80.4 cm³/mol. The summed E-state index contributed by atoms with van der Waals surface area (Å²) in [4.78, 5) is 12.2. The van der Waals surface area contributed by atoms with Crippen LogP contribution in [0.2, 0.25) is 0 Å². The summed E-state index contributed by atoms with van der Waals surface area (Å²) in [6.07, 6.45) is 1.84. The van der Waals surface area contributed by atoms with Crippen LogP contribution in [0.5, 0.6) is 0 Å². The Balaban J connectivity index is 2.40. The number of carbonyl (C=O) groups excluding carboxylic acids is 1. The smallest absolute Gasteiger partial charge is 0.221 e. The summed E-state index contributed by atoms with van der Waals surface area (Å²) in [7, 11) is 0. The average Bonchev–Trinajstić information content (AvgIpc) is 2.73. The third kappa shape index (κ3) is 6.18. The van der Waals surface area contributed by atoms with Crippen molar-refractivity contribution >= 4 is 22.9 Å². The molecule has 0 radical (unpaired) electrons. The summed E-state index contributed by atoms with van der Waals surface area (Å²) in [6.45, 7) is 7.81. The summed E-state index contributed by atoms with van der Waals surface area (Å²) in [5, 5.41) is 17.1. The molecule has 0 aliphatic rings. The highest BCUT2D eigenvalue weighted by molar-refractivity contribution is 7.10. The van der Waals surface area contributed by atoms with Gasteiger partial charge in [-0.3, -0.25) is 4.79 Å². The van der Waals surface area contributed by atoms with Crippen LogP contribution >= 0.6 is 11.3 Å². The van der Waals surface area contributed by atoms with E-state index in [9.17, 15) is 4.79 Å². The predicted octanol–water partition coefficient (Wildman–Crippen LogP) is 2.59. The second-order valence-corrected chi connectivity index (χ2v) is 6.53. The van der Waals surface area contributed by atoms with Crippen molar-refractivity contribution < 1.29 is 9.90 Å². The van der Waals surface area contributed by atoms with E-state index in [4.69, 9.17) is 5.11 Å². The number of carbonyl (C=O) groups is 1. The quantitative estimate of drug-likeness (QED) is 0.687. The van der Waals surface area contributed by atoms with E-state index in [1.54, 1.807) is 11.3 Å². The van der Waals surface area contributed by atoms with Crippen LogP contribution in [-0.4, -0.2) is 24.2 Å². The van der Waals surface area contributed by atoms with Crippen molar-refractivity contribution in [3.05, 3.63) is 16.3 Å². The van der Waals surface area contributed by atoms with Crippen molar-refractivity contribution in [2.24, 2.45) is 5.41 Å². The van der Waals surface area contributed by atoms with Gasteiger partial charge in [0.15, 0.2) is 0 Å². The van der Waals surface area contributed by atoms with Crippen LogP contribution in [0.25, 0.3) is 0 Å². The van der Waals surface area contributed by atoms with Crippen molar-refractivity contribution in [1.29, 1.82) is 0 Å². The van der Waals surface area contributed by atoms with Crippen LogP contribution in [0.3, 0.4) is 0 Å². The fourth-order valence-corrected chi connectivity index (χ4v) is 2.74. The number of aliphatic hydroxyl groups is 1. The topological polar surface area (TPSA) is 61.4 Å². The number of anilines is 1. The van der Waals surface area contributed by atoms with Crippen LogP contribution < -0.4 is 10.6 Å². The minimum absolute atomic E-state index is 0.0390. The molecule has 1 heterocycles. The van der Waals surface area contributed by atoms with Gasteiger partial charge in [0.2, 0.25) is 5.91 Å². The van der Waals surface area contributed by atoms with Gasteiger partial charge < -0.3 is 15.7 Å². The molecular weight excluding hydrogens is 260 g/mol. The second kappa shape index (κ2) is 7.62. The molecule has 0 saturated carbocycles. The molecule has 0 bridgehead atoms. The van der Waals surface area contributed by atoms with Crippen molar-refractivity contribution in [2.75, 3.05) is 18.5 Å². The van der Waals surface area contributed by atoms with Gasteiger partial charge >= 0.3 is 0 Å². The minimum Gasteiger partial charge on any atom is -0.396 e. The third-order valence-electron chi connectivity index (χ3n) is 2.96. The molecule has 0 fully saturated rings. The monoisotopic (exact) mass is 284 g/mol. The number of aliphatic hydroxyl groups excluding tert-OH is 1. The molecule has 0 aliphatic heterocycles. The molecule has 0 spiro atoms. The highest BCUT2D eigenvalue weighted by atomic mass is 32.1. The van der Waals surface area contributed by atoms with Gasteiger partial charge in [0.25, 0.3) is 0 Å². The van der Waals surface area contributed by atoms with Crippen LogP contribution in [0, 0.1) is 5.41 Å². The van der Waals surface area contributed by atoms with Crippen LogP contribution in [0.15, 0.2) is 11.4 Å². The molecule has 3 N–H and O–H groups in total. The van der Waals surface area contributed by atoms with Crippen molar-refractivity contribution in [1.82, 2.24) is 5.32 Å². The fourth-order valence-electron chi connectivity index (χ4n) is 1.94. The largest absolute Gasteiger partial charge is 0.396 e. The van der Waals surface area contributed by atoms with E-state index in [0.29, 0.717) is 0 Å². The molecule has 5 heteroatoms. The second-order valence-electron chi connectivity index (χ2n) is 5.53. The molecule has 108 valence electrons.